The fraction of sp³-hybridized carbons (Fsp3) is 0.750. The quantitative estimate of drug-likeness (QED) is 0.646. The van der Waals surface area contributed by atoms with Gasteiger partial charge in [-0.3, -0.25) is 4.79 Å². The third kappa shape index (κ3) is 15.5. The standard InChI is InChI=1S/C6H9F3O2.C2H4O2/c1-5(2,3)11-4(10)6(7,8)9;1-2(3)4/h1-3H3;1H3,(H,3,4). The van der Waals surface area contributed by atoms with Gasteiger partial charge in [-0.1, -0.05) is 0 Å². The maximum atomic E-state index is 11.5. The van der Waals surface area contributed by atoms with E-state index in [9.17, 15) is 18.0 Å². The number of alkyl halides is 3. The number of rotatable bonds is 0. The summed E-state index contributed by atoms with van der Waals surface area (Å²) >= 11 is 0. The number of aliphatic carboxylic acids is 1. The predicted octanol–water partition coefficient (Wildman–Crippen LogP) is 1.98. The fourth-order valence-electron chi connectivity index (χ4n) is 0.336. The topological polar surface area (TPSA) is 63.6 Å². The van der Waals surface area contributed by atoms with Gasteiger partial charge in [-0.15, -0.1) is 0 Å². The summed E-state index contributed by atoms with van der Waals surface area (Å²) in [7, 11) is 0. The third-order valence-electron chi connectivity index (χ3n) is 0.630. The van der Waals surface area contributed by atoms with Crippen molar-refractivity contribution in [3.05, 3.63) is 0 Å². The molecular weight excluding hydrogens is 217 g/mol. The average Bonchev–Trinajstić information content (AvgIpc) is 1.78. The molecule has 1 N–H and O–H groups in total. The minimum atomic E-state index is -4.90. The van der Waals surface area contributed by atoms with E-state index >= 15 is 0 Å². The van der Waals surface area contributed by atoms with E-state index in [1.807, 2.05) is 0 Å². The van der Waals surface area contributed by atoms with E-state index in [4.69, 9.17) is 9.90 Å². The van der Waals surface area contributed by atoms with Crippen LogP contribution in [0.2, 0.25) is 0 Å². The smallest absolute Gasteiger partial charge is 0.481 e. The number of carbonyl (C=O) groups is 2. The number of carboxylic acids is 1. The van der Waals surface area contributed by atoms with Crippen LogP contribution >= 0.6 is 0 Å². The van der Waals surface area contributed by atoms with Crippen LogP contribution < -0.4 is 0 Å². The predicted molar refractivity (Wildman–Crippen MR) is 45.2 cm³/mol. The highest BCUT2D eigenvalue weighted by atomic mass is 19.4. The first-order chi connectivity index (χ1) is 6.36. The summed E-state index contributed by atoms with van der Waals surface area (Å²) in [6.45, 7) is 5.20. The van der Waals surface area contributed by atoms with Crippen LogP contribution in [0.15, 0.2) is 0 Å². The Hall–Kier alpha value is -1.27. The number of esters is 1. The van der Waals surface area contributed by atoms with E-state index in [0.717, 1.165) is 6.92 Å². The molecule has 0 rings (SSSR count). The van der Waals surface area contributed by atoms with Crippen LogP contribution in [0.1, 0.15) is 27.7 Å². The van der Waals surface area contributed by atoms with E-state index < -0.39 is 23.7 Å². The number of ether oxygens (including phenoxy) is 1. The average molecular weight is 230 g/mol. The summed E-state index contributed by atoms with van der Waals surface area (Å²) in [6.07, 6.45) is -4.90. The van der Waals surface area contributed by atoms with Gasteiger partial charge in [0.2, 0.25) is 0 Å². The summed E-state index contributed by atoms with van der Waals surface area (Å²) in [5.41, 5.74) is -1.09. The van der Waals surface area contributed by atoms with Gasteiger partial charge >= 0.3 is 12.1 Å². The van der Waals surface area contributed by atoms with Crippen LogP contribution in [-0.4, -0.2) is 28.8 Å². The lowest BCUT2D eigenvalue weighted by Gasteiger charge is -2.19. The van der Waals surface area contributed by atoms with Crippen LogP contribution in [0, 0.1) is 0 Å². The number of hydrogen-bond acceptors (Lipinski definition) is 3. The van der Waals surface area contributed by atoms with Gasteiger partial charge in [0.25, 0.3) is 5.97 Å². The highest BCUT2D eigenvalue weighted by Crippen LogP contribution is 2.20. The molecule has 0 unspecified atom stereocenters. The lowest BCUT2D eigenvalue weighted by atomic mass is 10.2. The van der Waals surface area contributed by atoms with Crippen molar-refractivity contribution in [1.29, 1.82) is 0 Å². The largest absolute Gasteiger partial charge is 0.490 e. The molecule has 4 nitrogen and oxygen atoms in total. The van der Waals surface area contributed by atoms with Gasteiger partial charge in [0.05, 0.1) is 0 Å². The van der Waals surface area contributed by atoms with Crippen molar-refractivity contribution in [3.63, 3.8) is 0 Å². The Morgan fingerprint density at radius 3 is 1.47 bits per heavy atom. The molecular formula is C8H13F3O4. The highest BCUT2D eigenvalue weighted by molar-refractivity contribution is 5.75. The SMILES string of the molecule is CC(=O)O.CC(C)(C)OC(=O)C(F)(F)F. The van der Waals surface area contributed by atoms with E-state index in [-0.39, 0.29) is 0 Å². The number of carbonyl (C=O) groups excluding carboxylic acids is 1. The highest BCUT2D eigenvalue weighted by Gasteiger charge is 2.42. The number of carboxylic acid groups (broad SMARTS) is 1. The molecule has 0 heterocycles. The van der Waals surface area contributed by atoms with Crippen LogP contribution in [0.4, 0.5) is 13.2 Å². The van der Waals surface area contributed by atoms with Crippen LogP contribution in [-0.2, 0) is 14.3 Å². The van der Waals surface area contributed by atoms with Crippen molar-refractivity contribution < 1.29 is 32.6 Å². The van der Waals surface area contributed by atoms with Crippen LogP contribution in [0.3, 0.4) is 0 Å². The molecule has 0 amide bonds. The molecule has 0 fully saturated rings. The zero-order chi connectivity index (χ0) is 12.9. The fourth-order valence-corrected chi connectivity index (χ4v) is 0.336. The molecule has 0 aromatic rings. The molecule has 0 bridgehead atoms. The molecule has 0 aromatic heterocycles. The van der Waals surface area contributed by atoms with Gasteiger partial charge in [0, 0.05) is 6.92 Å². The zero-order valence-electron chi connectivity index (χ0n) is 8.81. The van der Waals surface area contributed by atoms with Gasteiger partial charge in [0.15, 0.2) is 0 Å². The van der Waals surface area contributed by atoms with Crippen molar-refractivity contribution in [2.75, 3.05) is 0 Å². The molecule has 0 radical (unpaired) electrons. The van der Waals surface area contributed by atoms with Crippen LogP contribution in [0.5, 0.6) is 0 Å². The summed E-state index contributed by atoms with van der Waals surface area (Å²) < 4.78 is 38.6. The first-order valence-corrected chi connectivity index (χ1v) is 3.86. The minimum absolute atomic E-state index is 0.833. The van der Waals surface area contributed by atoms with E-state index in [1.165, 1.54) is 20.8 Å². The second-order valence-electron chi connectivity index (χ2n) is 3.52. The Morgan fingerprint density at radius 1 is 1.13 bits per heavy atom. The number of hydrogen-bond donors (Lipinski definition) is 1. The van der Waals surface area contributed by atoms with Crippen LogP contribution in [0.25, 0.3) is 0 Å². The second kappa shape index (κ2) is 5.57. The molecule has 0 spiro atoms. The summed E-state index contributed by atoms with van der Waals surface area (Å²) in [5.74, 6) is -2.98. The lowest BCUT2D eigenvalue weighted by molar-refractivity contribution is -0.210. The molecule has 90 valence electrons. The molecule has 0 aliphatic rings. The third-order valence-corrected chi connectivity index (χ3v) is 0.630. The second-order valence-corrected chi connectivity index (χ2v) is 3.52. The Morgan fingerprint density at radius 2 is 1.40 bits per heavy atom. The first-order valence-electron chi connectivity index (χ1n) is 3.86. The first kappa shape index (κ1) is 16.2. The lowest BCUT2D eigenvalue weighted by Crippen LogP contribution is -2.33. The molecule has 7 heteroatoms. The van der Waals surface area contributed by atoms with E-state index in [1.54, 1.807) is 0 Å². The molecule has 15 heavy (non-hydrogen) atoms. The Balaban J connectivity index is 0. The molecule has 0 saturated heterocycles. The minimum Gasteiger partial charge on any atom is -0.481 e. The Kier molecular flexibility index (Phi) is 6.01. The van der Waals surface area contributed by atoms with Gasteiger partial charge in [0.1, 0.15) is 5.60 Å². The van der Waals surface area contributed by atoms with Crippen molar-refractivity contribution in [2.45, 2.75) is 39.5 Å². The number of halogens is 3. The Labute approximate surface area is 85.0 Å². The monoisotopic (exact) mass is 230 g/mol. The Bertz CT molecular complexity index is 223. The van der Waals surface area contributed by atoms with Gasteiger partial charge < -0.3 is 9.84 Å². The summed E-state index contributed by atoms with van der Waals surface area (Å²) in [6, 6.07) is 0. The van der Waals surface area contributed by atoms with E-state index in [2.05, 4.69) is 4.74 Å². The molecule has 0 aliphatic carbocycles. The maximum absolute atomic E-state index is 11.5. The zero-order valence-corrected chi connectivity index (χ0v) is 8.81. The maximum Gasteiger partial charge on any atom is 0.490 e. The summed E-state index contributed by atoms with van der Waals surface area (Å²) in [4.78, 5) is 19.1. The van der Waals surface area contributed by atoms with Crippen molar-refractivity contribution in [1.82, 2.24) is 0 Å². The molecule has 0 aliphatic heterocycles. The van der Waals surface area contributed by atoms with Gasteiger partial charge in [-0.05, 0) is 20.8 Å². The van der Waals surface area contributed by atoms with Crippen molar-refractivity contribution in [2.24, 2.45) is 0 Å². The van der Waals surface area contributed by atoms with E-state index in [0.29, 0.717) is 0 Å². The van der Waals surface area contributed by atoms with Gasteiger partial charge in [-0.2, -0.15) is 13.2 Å². The molecule has 0 saturated carbocycles. The normalized spacial score (nSPS) is 11.1. The van der Waals surface area contributed by atoms with Crippen molar-refractivity contribution in [3.8, 4) is 0 Å². The van der Waals surface area contributed by atoms with Gasteiger partial charge in [-0.25, -0.2) is 4.79 Å². The summed E-state index contributed by atoms with van der Waals surface area (Å²) in [5, 5.41) is 7.42. The van der Waals surface area contributed by atoms with Crippen molar-refractivity contribution >= 4 is 11.9 Å². The molecule has 0 atom stereocenters. The molecule has 0 aromatic carbocycles.